The highest BCUT2D eigenvalue weighted by Crippen LogP contribution is 2.51. The third-order valence-electron chi connectivity index (χ3n) is 5.78. The van der Waals surface area contributed by atoms with Crippen LogP contribution >= 0.6 is 0 Å². The molecule has 0 radical (unpaired) electrons. The number of ether oxygens (including phenoxy) is 1. The number of carbonyl (C=O) groups excluding carboxylic acids is 2. The Morgan fingerprint density at radius 3 is 2.74 bits per heavy atom. The molecule has 8 nitrogen and oxygen atoms in total. The second kappa shape index (κ2) is 6.57. The highest BCUT2D eigenvalue weighted by Gasteiger charge is 2.65. The lowest BCUT2D eigenvalue weighted by Crippen LogP contribution is -2.49. The summed E-state index contributed by atoms with van der Waals surface area (Å²) < 4.78 is 28.3. The van der Waals surface area contributed by atoms with E-state index in [1.54, 1.807) is 4.90 Å². The maximum absolute atomic E-state index is 12.8. The van der Waals surface area contributed by atoms with Crippen LogP contribution in [0.25, 0.3) is 0 Å². The van der Waals surface area contributed by atoms with E-state index in [0.29, 0.717) is 19.6 Å². The van der Waals surface area contributed by atoms with Crippen LogP contribution in [0.3, 0.4) is 0 Å². The fraction of sp³-hybridized carbons (Fsp3) is 0.556. The highest BCUT2D eigenvalue weighted by atomic mass is 32.2. The average molecular weight is 393 g/mol. The van der Waals surface area contributed by atoms with Crippen molar-refractivity contribution in [3.05, 3.63) is 35.9 Å². The Kier molecular flexibility index (Phi) is 4.48. The largest absolute Gasteiger partial charge is 0.351 e. The maximum atomic E-state index is 12.8. The van der Waals surface area contributed by atoms with Crippen LogP contribution < -0.4 is 5.14 Å². The van der Waals surface area contributed by atoms with Crippen molar-refractivity contribution < 1.29 is 22.7 Å². The summed E-state index contributed by atoms with van der Waals surface area (Å²) in [7, 11) is -3.58. The molecule has 2 N–H and O–H groups in total. The zero-order valence-electron chi connectivity index (χ0n) is 14.9. The first-order valence-electron chi connectivity index (χ1n) is 9.13. The predicted octanol–water partition coefficient (Wildman–Crippen LogP) is 0.356. The number of primary sulfonamides is 1. The molecule has 1 spiro atoms. The highest BCUT2D eigenvalue weighted by molar-refractivity contribution is 7.89. The van der Waals surface area contributed by atoms with E-state index in [2.05, 4.69) is 0 Å². The molecule has 0 aliphatic carbocycles. The third kappa shape index (κ3) is 3.13. The molecule has 0 saturated carbocycles. The quantitative estimate of drug-likeness (QED) is 0.776. The van der Waals surface area contributed by atoms with Crippen LogP contribution in [0.2, 0.25) is 0 Å². The third-order valence-corrected chi connectivity index (χ3v) is 6.64. The molecule has 3 heterocycles. The van der Waals surface area contributed by atoms with Crippen LogP contribution in [0.4, 0.5) is 0 Å². The van der Waals surface area contributed by atoms with Crippen LogP contribution in [0, 0.1) is 0 Å². The minimum absolute atomic E-state index is 0.00612. The van der Waals surface area contributed by atoms with Crippen molar-refractivity contribution in [2.75, 3.05) is 18.9 Å². The van der Waals surface area contributed by atoms with E-state index in [1.807, 2.05) is 35.2 Å². The van der Waals surface area contributed by atoms with Crippen molar-refractivity contribution in [1.29, 1.82) is 0 Å². The first-order valence-corrected chi connectivity index (χ1v) is 10.8. The number of carbonyl (C=O) groups is 2. The number of rotatable bonds is 5. The predicted molar refractivity (Wildman–Crippen MR) is 96.7 cm³/mol. The maximum Gasteiger partial charge on any atom is 0.227 e. The van der Waals surface area contributed by atoms with Crippen LogP contribution in [0.1, 0.15) is 37.3 Å². The molecule has 27 heavy (non-hydrogen) atoms. The Balaban J connectivity index is 1.50. The molecule has 3 saturated heterocycles. The average Bonchev–Trinajstić information content (AvgIpc) is 3.23. The van der Waals surface area contributed by atoms with Gasteiger partial charge in [0.15, 0.2) is 5.72 Å². The van der Waals surface area contributed by atoms with Crippen LogP contribution in [0.5, 0.6) is 0 Å². The Morgan fingerprint density at radius 1 is 1.30 bits per heavy atom. The van der Waals surface area contributed by atoms with Gasteiger partial charge in [-0.3, -0.25) is 9.59 Å². The van der Waals surface area contributed by atoms with Crippen molar-refractivity contribution in [3.63, 3.8) is 0 Å². The molecule has 2 amide bonds. The second-order valence-electron chi connectivity index (χ2n) is 7.37. The van der Waals surface area contributed by atoms with Crippen molar-refractivity contribution in [3.8, 4) is 0 Å². The SMILES string of the molecule is NS(=O)(=O)CCCC(=O)N1CC[C@@]23OC[C@@H](c4ccccc4)N2C(=O)C[C@@H]13. The lowest BCUT2D eigenvalue weighted by atomic mass is 10.0. The minimum Gasteiger partial charge on any atom is -0.351 e. The molecule has 0 bridgehead atoms. The number of benzene rings is 1. The normalized spacial score (nSPS) is 29.9. The molecule has 3 aliphatic rings. The number of amides is 2. The number of nitrogens with zero attached hydrogens (tertiary/aromatic N) is 2. The molecule has 0 unspecified atom stereocenters. The minimum atomic E-state index is -3.58. The molecular formula is C18H23N3O5S. The zero-order chi connectivity index (χ0) is 19.2. The molecule has 9 heteroatoms. The summed E-state index contributed by atoms with van der Waals surface area (Å²) in [6, 6.07) is 9.32. The van der Waals surface area contributed by atoms with Crippen LogP contribution in [-0.2, 0) is 24.3 Å². The molecule has 0 aromatic heterocycles. The summed E-state index contributed by atoms with van der Waals surface area (Å²) in [4.78, 5) is 28.9. The van der Waals surface area contributed by atoms with Gasteiger partial charge in [-0.05, 0) is 12.0 Å². The Bertz CT molecular complexity index is 859. The molecular weight excluding hydrogens is 370 g/mol. The summed E-state index contributed by atoms with van der Waals surface area (Å²) in [5.41, 5.74) is 0.272. The van der Waals surface area contributed by atoms with Crippen molar-refractivity contribution in [2.45, 2.75) is 43.5 Å². The van der Waals surface area contributed by atoms with Gasteiger partial charge in [-0.15, -0.1) is 0 Å². The lowest BCUT2D eigenvalue weighted by molar-refractivity contribution is -0.141. The number of sulfonamides is 1. The lowest BCUT2D eigenvalue weighted by Gasteiger charge is -2.33. The topological polar surface area (TPSA) is 110 Å². The molecule has 1 aromatic carbocycles. The fourth-order valence-corrected chi connectivity index (χ4v) is 5.18. The Hall–Kier alpha value is -1.97. The zero-order valence-corrected chi connectivity index (χ0v) is 15.7. The van der Waals surface area contributed by atoms with Crippen molar-refractivity contribution in [2.24, 2.45) is 5.14 Å². The standard InChI is InChI=1S/C18H23N3O5S/c19-27(24,25)10-4-7-16(22)20-9-8-18-15(20)11-17(23)21(18)14(12-26-18)13-5-2-1-3-6-13/h1-3,5-6,14-15H,4,7-12H2,(H2,19,24,25)/t14-,15+,18-/m0/s1. The molecule has 1 aromatic rings. The van der Waals surface area contributed by atoms with Gasteiger partial charge >= 0.3 is 0 Å². The molecule has 4 rings (SSSR count). The van der Waals surface area contributed by atoms with Gasteiger partial charge in [0.25, 0.3) is 0 Å². The molecule has 3 atom stereocenters. The first-order chi connectivity index (χ1) is 12.8. The van der Waals surface area contributed by atoms with E-state index in [-0.39, 0.29) is 48.9 Å². The van der Waals surface area contributed by atoms with Gasteiger partial charge in [0.1, 0.15) is 0 Å². The number of likely N-dealkylation sites (tertiary alicyclic amines) is 1. The molecule has 3 aliphatic heterocycles. The first kappa shape index (κ1) is 18.4. The van der Waals surface area contributed by atoms with E-state index < -0.39 is 15.7 Å². The van der Waals surface area contributed by atoms with Crippen LogP contribution in [-0.4, -0.2) is 60.7 Å². The second-order valence-corrected chi connectivity index (χ2v) is 9.11. The van der Waals surface area contributed by atoms with E-state index in [0.717, 1.165) is 5.56 Å². The number of nitrogens with two attached hydrogens (primary N) is 1. The van der Waals surface area contributed by atoms with E-state index in [1.165, 1.54) is 0 Å². The van der Waals surface area contributed by atoms with Gasteiger partial charge in [-0.2, -0.15) is 0 Å². The van der Waals surface area contributed by atoms with Crippen LogP contribution in [0.15, 0.2) is 30.3 Å². The summed E-state index contributed by atoms with van der Waals surface area (Å²) in [5, 5.41) is 4.99. The Morgan fingerprint density at radius 2 is 2.04 bits per heavy atom. The summed E-state index contributed by atoms with van der Waals surface area (Å²) in [6.45, 7) is 0.921. The van der Waals surface area contributed by atoms with Gasteiger partial charge in [-0.1, -0.05) is 30.3 Å². The number of hydrogen-bond acceptors (Lipinski definition) is 5. The van der Waals surface area contributed by atoms with Crippen molar-refractivity contribution >= 4 is 21.8 Å². The van der Waals surface area contributed by atoms with E-state index >= 15 is 0 Å². The number of hydrogen-bond donors (Lipinski definition) is 1. The van der Waals surface area contributed by atoms with Crippen molar-refractivity contribution in [1.82, 2.24) is 9.80 Å². The summed E-state index contributed by atoms with van der Waals surface area (Å²) in [5.74, 6) is -0.379. The monoisotopic (exact) mass is 393 g/mol. The Labute approximate surface area is 158 Å². The molecule has 146 valence electrons. The molecule has 3 fully saturated rings. The summed E-state index contributed by atoms with van der Waals surface area (Å²) in [6.07, 6.45) is 1.09. The summed E-state index contributed by atoms with van der Waals surface area (Å²) >= 11 is 0. The smallest absolute Gasteiger partial charge is 0.227 e. The van der Waals surface area contributed by atoms with E-state index in [9.17, 15) is 18.0 Å². The van der Waals surface area contributed by atoms with Gasteiger partial charge in [-0.25, -0.2) is 13.6 Å². The van der Waals surface area contributed by atoms with Gasteiger partial charge in [0.2, 0.25) is 21.8 Å². The van der Waals surface area contributed by atoms with Gasteiger partial charge in [0.05, 0.1) is 30.9 Å². The van der Waals surface area contributed by atoms with E-state index in [4.69, 9.17) is 9.88 Å². The fourth-order valence-electron chi connectivity index (χ4n) is 4.63. The van der Waals surface area contributed by atoms with Gasteiger partial charge in [0, 0.05) is 19.4 Å². The van der Waals surface area contributed by atoms with Gasteiger partial charge < -0.3 is 14.5 Å².